The average molecular weight is 645 g/mol. The number of ether oxygens (including phenoxy) is 6. The van der Waals surface area contributed by atoms with Crippen LogP contribution in [0.5, 0.6) is 17.2 Å². The summed E-state index contributed by atoms with van der Waals surface area (Å²) in [7, 11) is 0. The molecule has 0 aromatic heterocycles. The molecule has 1 aliphatic rings. The Labute approximate surface area is 272 Å². The van der Waals surface area contributed by atoms with Crippen LogP contribution in [0.4, 0.5) is 4.79 Å². The molecule has 47 heavy (non-hydrogen) atoms. The molecule has 11 heteroatoms. The normalized spacial score (nSPS) is 12.6. The maximum Gasteiger partial charge on any atom is 0.513 e. The van der Waals surface area contributed by atoms with Crippen molar-refractivity contribution in [1.82, 2.24) is 0 Å². The Morgan fingerprint density at radius 1 is 0.745 bits per heavy atom. The molecule has 0 saturated heterocycles. The Bertz CT molecular complexity index is 1620. The fourth-order valence-corrected chi connectivity index (χ4v) is 4.74. The highest BCUT2D eigenvalue weighted by Crippen LogP contribution is 2.46. The summed E-state index contributed by atoms with van der Waals surface area (Å²) in [6.45, 7) is 9.04. The molecule has 3 aromatic rings. The highest BCUT2D eigenvalue weighted by Gasteiger charge is 2.27. The van der Waals surface area contributed by atoms with Gasteiger partial charge in [-0.15, -0.1) is 0 Å². The van der Waals surface area contributed by atoms with Crippen LogP contribution in [-0.2, 0) is 23.8 Å². The lowest BCUT2D eigenvalue weighted by Crippen LogP contribution is -2.12. The summed E-state index contributed by atoms with van der Waals surface area (Å²) in [6, 6.07) is 17.3. The minimum atomic E-state index is -0.828. The highest BCUT2D eigenvalue weighted by atomic mass is 16.7. The molecule has 0 bridgehead atoms. The smallest absolute Gasteiger partial charge is 0.493 e. The molecule has 0 aliphatic heterocycles. The number of unbranched alkanes of at least 4 members (excludes halogenated alkanes) is 1. The molecule has 0 fully saturated rings. The number of carbonyl (C=O) groups is 4. The van der Waals surface area contributed by atoms with Gasteiger partial charge in [-0.1, -0.05) is 32.2 Å². The summed E-state index contributed by atoms with van der Waals surface area (Å²) in [5.41, 5.74) is 4.23. The molecule has 0 spiro atoms. The largest absolute Gasteiger partial charge is 0.513 e. The van der Waals surface area contributed by atoms with E-state index >= 15 is 0 Å². The SMILES string of the molecule is C=CC(=O)OCCCCOC(=O)Oc1ccc2c(c1)C(C)c1cc(C(=O)Oc3ccc(OCCCOC(=O)C(=C)CO)cc3)ccc1-2. The lowest BCUT2D eigenvalue weighted by Gasteiger charge is -2.10. The van der Waals surface area contributed by atoms with Gasteiger partial charge in [-0.3, -0.25) is 0 Å². The molecule has 0 saturated carbocycles. The van der Waals surface area contributed by atoms with Crippen LogP contribution in [0.3, 0.4) is 0 Å². The van der Waals surface area contributed by atoms with Crippen molar-refractivity contribution in [3.63, 3.8) is 0 Å². The van der Waals surface area contributed by atoms with Gasteiger partial charge in [-0.05, 0) is 83.6 Å². The second kappa shape index (κ2) is 16.8. The molecule has 1 unspecified atom stereocenters. The van der Waals surface area contributed by atoms with E-state index in [1.165, 1.54) is 0 Å². The Balaban J connectivity index is 1.25. The molecular formula is C36H36O11. The lowest BCUT2D eigenvalue weighted by molar-refractivity contribution is -0.140. The second-order valence-electron chi connectivity index (χ2n) is 10.5. The number of aliphatic hydroxyl groups is 1. The Morgan fingerprint density at radius 3 is 2.06 bits per heavy atom. The molecular weight excluding hydrogens is 608 g/mol. The van der Waals surface area contributed by atoms with Gasteiger partial charge in [0.25, 0.3) is 0 Å². The van der Waals surface area contributed by atoms with Gasteiger partial charge in [-0.2, -0.15) is 0 Å². The van der Waals surface area contributed by atoms with E-state index < -0.39 is 30.7 Å². The first kappa shape index (κ1) is 34.5. The minimum absolute atomic E-state index is 0.00684. The van der Waals surface area contributed by atoms with Gasteiger partial charge in [0.2, 0.25) is 0 Å². The first-order valence-corrected chi connectivity index (χ1v) is 15.0. The van der Waals surface area contributed by atoms with Crippen molar-refractivity contribution in [2.75, 3.05) is 33.0 Å². The first-order chi connectivity index (χ1) is 22.7. The van der Waals surface area contributed by atoms with Crippen LogP contribution < -0.4 is 14.2 Å². The van der Waals surface area contributed by atoms with E-state index in [1.54, 1.807) is 42.5 Å². The molecule has 4 rings (SSSR count). The van der Waals surface area contributed by atoms with Crippen LogP contribution in [0.2, 0.25) is 0 Å². The number of hydrogen-bond acceptors (Lipinski definition) is 11. The molecule has 0 heterocycles. The Hall–Kier alpha value is -5.42. The Morgan fingerprint density at radius 2 is 1.36 bits per heavy atom. The summed E-state index contributed by atoms with van der Waals surface area (Å²) < 4.78 is 31.5. The van der Waals surface area contributed by atoms with Crippen LogP contribution in [0.15, 0.2) is 85.5 Å². The number of hydrogen-bond donors (Lipinski definition) is 1. The van der Waals surface area contributed by atoms with Crippen LogP contribution >= 0.6 is 0 Å². The Kier molecular flexibility index (Phi) is 12.3. The van der Waals surface area contributed by atoms with Gasteiger partial charge >= 0.3 is 24.1 Å². The molecule has 3 aromatic carbocycles. The van der Waals surface area contributed by atoms with E-state index in [0.29, 0.717) is 48.7 Å². The van der Waals surface area contributed by atoms with Crippen LogP contribution in [0.1, 0.15) is 53.6 Å². The maximum absolute atomic E-state index is 13.0. The summed E-state index contributed by atoms with van der Waals surface area (Å²) in [4.78, 5) is 47.7. The van der Waals surface area contributed by atoms with E-state index in [1.807, 2.05) is 25.1 Å². The number of esters is 3. The predicted octanol–water partition coefficient (Wildman–Crippen LogP) is 5.92. The molecule has 1 aliphatic carbocycles. The van der Waals surface area contributed by atoms with Crippen molar-refractivity contribution in [3.05, 3.63) is 102 Å². The number of fused-ring (bicyclic) bond motifs is 3. The summed E-state index contributed by atoms with van der Waals surface area (Å²) >= 11 is 0. The zero-order valence-electron chi connectivity index (χ0n) is 26.0. The van der Waals surface area contributed by atoms with Crippen LogP contribution in [-0.4, -0.2) is 62.2 Å². The standard InChI is InChI=1S/C36H36O11/c1-4-33(38)43-16-5-6-17-45-36(41)47-28-13-15-30-29-14-8-25(20-31(29)24(3)32(30)21-28)35(40)46-27-11-9-26(10-12-27)42-18-7-19-44-34(39)23(2)22-37/h4,8-15,20-21,24,37H,1-2,5-7,16-19,22H2,3H3. The number of benzene rings is 3. The molecule has 11 nitrogen and oxygen atoms in total. The monoisotopic (exact) mass is 644 g/mol. The number of carbonyl (C=O) groups excluding carboxylic acids is 4. The fourth-order valence-electron chi connectivity index (χ4n) is 4.74. The quantitative estimate of drug-likeness (QED) is 0.0495. The minimum Gasteiger partial charge on any atom is -0.493 e. The highest BCUT2D eigenvalue weighted by molar-refractivity contribution is 5.93. The van der Waals surface area contributed by atoms with E-state index in [0.717, 1.165) is 28.3 Å². The van der Waals surface area contributed by atoms with E-state index in [4.69, 9.17) is 33.5 Å². The summed E-state index contributed by atoms with van der Waals surface area (Å²) in [5, 5.41) is 8.88. The number of aliphatic hydroxyl groups excluding tert-OH is 1. The molecule has 0 radical (unpaired) electrons. The number of rotatable bonds is 16. The van der Waals surface area contributed by atoms with Gasteiger partial charge in [-0.25, -0.2) is 19.2 Å². The molecule has 1 atom stereocenters. The van der Waals surface area contributed by atoms with Crippen molar-refractivity contribution < 1.29 is 52.7 Å². The van der Waals surface area contributed by atoms with Gasteiger partial charge in [0.05, 0.1) is 44.2 Å². The van der Waals surface area contributed by atoms with E-state index in [9.17, 15) is 19.2 Å². The third-order valence-corrected chi connectivity index (χ3v) is 7.21. The third-order valence-electron chi connectivity index (χ3n) is 7.21. The summed E-state index contributed by atoms with van der Waals surface area (Å²) in [5.74, 6) is -0.478. The van der Waals surface area contributed by atoms with Crippen LogP contribution in [0.25, 0.3) is 11.1 Å². The van der Waals surface area contributed by atoms with Gasteiger partial charge in [0, 0.05) is 18.4 Å². The maximum atomic E-state index is 13.0. The predicted molar refractivity (Wildman–Crippen MR) is 170 cm³/mol. The average Bonchev–Trinajstić information content (AvgIpc) is 3.36. The topological polar surface area (TPSA) is 144 Å². The molecule has 0 amide bonds. The van der Waals surface area contributed by atoms with Crippen LogP contribution in [0, 0.1) is 0 Å². The zero-order chi connectivity index (χ0) is 33.8. The van der Waals surface area contributed by atoms with Crippen molar-refractivity contribution in [2.45, 2.75) is 32.1 Å². The van der Waals surface area contributed by atoms with Crippen molar-refractivity contribution in [2.24, 2.45) is 0 Å². The zero-order valence-corrected chi connectivity index (χ0v) is 26.0. The summed E-state index contributed by atoms with van der Waals surface area (Å²) in [6.07, 6.45) is 1.75. The van der Waals surface area contributed by atoms with Gasteiger partial charge in [0.1, 0.15) is 17.2 Å². The van der Waals surface area contributed by atoms with E-state index in [-0.39, 0.29) is 31.3 Å². The fraction of sp³-hybridized carbons (Fsp3) is 0.278. The van der Waals surface area contributed by atoms with Crippen molar-refractivity contribution in [1.29, 1.82) is 0 Å². The lowest BCUT2D eigenvalue weighted by atomic mass is 9.98. The third kappa shape index (κ3) is 9.54. The van der Waals surface area contributed by atoms with Gasteiger partial charge < -0.3 is 33.5 Å². The van der Waals surface area contributed by atoms with E-state index in [2.05, 4.69) is 13.2 Å². The second-order valence-corrected chi connectivity index (χ2v) is 10.5. The van der Waals surface area contributed by atoms with Crippen molar-refractivity contribution >= 4 is 24.1 Å². The van der Waals surface area contributed by atoms with Crippen molar-refractivity contribution in [3.8, 4) is 28.4 Å². The molecule has 1 N–H and O–H groups in total. The molecule has 246 valence electrons. The first-order valence-electron chi connectivity index (χ1n) is 15.0. The van der Waals surface area contributed by atoms with Gasteiger partial charge in [0.15, 0.2) is 0 Å².